The molecule has 0 aromatic heterocycles. The van der Waals surface area contributed by atoms with Crippen LogP contribution in [-0.2, 0) is 16.6 Å². The maximum Gasteiger partial charge on any atom is 0.147 e. The van der Waals surface area contributed by atoms with E-state index in [1.54, 1.807) is 0 Å². The predicted octanol–water partition coefficient (Wildman–Crippen LogP) is 5.21. The lowest BCUT2D eigenvalue weighted by Gasteiger charge is -2.31. The minimum absolute atomic E-state index is 0.279. The number of hydrogen-bond acceptors (Lipinski definition) is 1. The van der Waals surface area contributed by atoms with Crippen molar-refractivity contribution in [2.75, 3.05) is 0 Å². The lowest BCUT2D eigenvalue weighted by atomic mass is 9.71. The van der Waals surface area contributed by atoms with Crippen LogP contribution in [0.15, 0.2) is 54.6 Å². The Kier molecular flexibility index (Phi) is 5.19. The summed E-state index contributed by atoms with van der Waals surface area (Å²) in [4.78, 5) is 12.9. The van der Waals surface area contributed by atoms with Crippen LogP contribution >= 0.6 is 11.6 Å². The van der Waals surface area contributed by atoms with E-state index in [-0.39, 0.29) is 11.2 Å². The summed E-state index contributed by atoms with van der Waals surface area (Å²) in [6.45, 7) is 4.19. The Hall–Kier alpha value is -1.60. The van der Waals surface area contributed by atoms with Crippen molar-refractivity contribution >= 4 is 17.4 Å². The molecule has 0 aliphatic carbocycles. The van der Waals surface area contributed by atoms with E-state index in [0.717, 1.165) is 24.0 Å². The van der Waals surface area contributed by atoms with E-state index in [0.29, 0.717) is 11.4 Å². The van der Waals surface area contributed by atoms with Crippen LogP contribution in [0.2, 0.25) is 5.02 Å². The molecule has 2 heteroatoms. The van der Waals surface area contributed by atoms with E-state index >= 15 is 0 Å². The molecule has 0 aliphatic heterocycles. The number of halogens is 1. The second kappa shape index (κ2) is 6.91. The summed E-state index contributed by atoms with van der Waals surface area (Å²) in [7, 11) is 0. The highest BCUT2D eigenvalue weighted by Gasteiger charge is 2.35. The Morgan fingerprint density at radius 1 is 0.952 bits per heavy atom. The molecule has 110 valence electrons. The first-order chi connectivity index (χ1) is 10.1. The third-order valence-electron chi connectivity index (χ3n) is 4.35. The Morgan fingerprint density at radius 3 is 2.05 bits per heavy atom. The van der Waals surface area contributed by atoms with Crippen LogP contribution < -0.4 is 0 Å². The van der Waals surface area contributed by atoms with E-state index < -0.39 is 0 Å². The van der Waals surface area contributed by atoms with E-state index in [2.05, 4.69) is 26.0 Å². The van der Waals surface area contributed by atoms with Crippen LogP contribution in [0.1, 0.15) is 37.8 Å². The number of Topliss-reactive ketones (excluding diaryl/α,β-unsaturated/α-hetero) is 1. The van der Waals surface area contributed by atoms with E-state index in [4.69, 9.17) is 11.6 Å². The summed E-state index contributed by atoms with van der Waals surface area (Å²) in [5, 5.41) is 0.700. The molecular weight excluding hydrogens is 280 g/mol. The zero-order valence-corrected chi connectivity index (χ0v) is 13.4. The summed E-state index contributed by atoms with van der Waals surface area (Å²) in [6.07, 6.45) is 2.09. The first-order valence-corrected chi connectivity index (χ1v) is 7.83. The minimum Gasteiger partial charge on any atom is -0.298 e. The molecule has 2 rings (SSSR count). The fourth-order valence-electron chi connectivity index (χ4n) is 2.93. The maximum atomic E-state index is 12.9. The highest BCUT2D eigenvalue weighted by atomic mass is 35.5. The van der Waals surface area contributed by atoms with Crippen LogP contribution in [0.4, 0.5) is 0 Å². The van der Waals surface area contributed by atoms with Crippen LogP contribution in [0.25, 0.3) is 0 Å². The topological polar surface area (TPSA) is 17.1 Å². The zero-order valence-electron chi connectivity index (χ0n) is 12.6. The molecule has 1 nitrogen and oxygen atoms in total. The van der Waals surface area contributed by atoms with Crippen molar-refractivity contribution in [3.63, 3.8) is 0 Å². The van der Waals surface area contributed by atoms with Gasteiger partial charge >= 0.3 is 0 Å². The lowest BCUT2D eigenvalue weighted by Crippen LogP contribution is -2.36. The summed E-state index contributed by atoms with van der Waals surface area (Å²) in [5.41, 5.74) is 1.75. The molecule has 0 atom stereocenters. The molecule has 2 aromatic rings. The molecule has 0 amide bonds. The number of carbonyl (C=O) groups is 1. The fraction of sp³-hybridized carbons (Fsp3) is 0.316. The molecule has 0 N–H and O–H groups in total. The summed E-state index contributed by atoms with van der Waals surface area (Å²) >= 11 is 5.90. The first-order valence-electron chi connectivity index (χ1n) is 7.45. The molecule has 0 spiro atoms. The fourth-order valence-corrected chi connectivity index (χ4v) is 3.05. The van der Waals surface area contributed by atoms with Gasteiger partial charge in [-0.3, -0.25) is 4.79 Å². The van der Waals surface area contributed by atoms with E-state index in [1.165, 1.54) is 0 Å². The third-order valence-corrected chi connectivity index (χ3v) is 4.60. The average molecular weight is 301 g/mol. The van der Waals surface area contributed by atoms with Gasteiger partial charge in [0.15, 0.2) is 0 Å². The number of rotatable bonds is 6. The minimum atomic E-state index is -0.388. The standard InChI is InChI=1S/C19H21ClO/c1-3-19(4-2,16-8-6-5-7-9-16)18(21)14-15-10-12-17(20)13-11-15/h5-13H,3-4,14H2,1-2H3. The smallest absolute Gasteiger partial charge is 0.147 e. The van der Waals surface area contributed by atoms with Crippen molar-refractivity contribution in [3.05, 3.63) is 70.7 Å². The number of ketones is 1. The predicted molar refractivity (Wildman–Crippen MR) is 88.9 cm³/mol. The Labute approximate surface area is 132 Å². The van der Waals surface area contributed by atoms with Crippen molar-refractivity contribution in [1.82, 2.24) is 0 Å². The van der Waals surface area contributed by atoms with Gasteiger partial charge in [0.05, 0.1) is 5.41 Å². The van der Waals surface area contributed by atoms with Crippen molar-refractivity contribution in [3.8, 4) is 0 Å². The van der Waals surface area contributed by atoms with Gasteiger partial charge in [0.25, 0.3) is 0 Å². The second-order valence-electron chi connectivity index (χ2n) is 5.38. The molecular formula is C19H21ClO. The van der Waals surface area contributed by atoms with Crippen molar-refractivity contribution in [2.45, 2.75) is 38.5 Å². The maximum absolute atomic E-state index is 12.9. The quantitative estimate of drug-likeness (QED) is 0.715. The second-order valence-corrected chi connectivity index (χ2v) is 5.82. The largest absolute Gasteiger partial charge is 0.298 e. The van der Waals surface area contributed by atoms with Crippen LogP contribution in [0.3, 0.4) is 0 Å². The molecule has 21 heavy (non-hydrogen) atoms. The monoisotopic (exact) mass is 300 g/mol. The highest BCUT2D eigenvalue weighted by molar-refractivity contribution is 6.30. The molecule has 2 aromatic carbocycles. The molecule has 0 aliphatic rings. The molecule has 0 fully saturated rings. The van der Waals surface area contributed by atoms with Gasteiger partial charge in [0.1, 0.15) is 5.78 Å². The SMILES string of the molecule is CCC(CC)(C(=O)Cc1ccc(Cl)cc1)c1ccccc1. The van der Waals surface area contributed by atoms with Crippen LogP contribution in [0.5, 0.6) is 0 Å². The molecule has 0 heterocycles. The van der Waals surface area contributed by atoms with Gasteiger partial charge in [-0.15, -0.1) is 0 Å². The van der Waals surface area contributed by atoms with Gasteiger partial charge in [-0.25, -0.2) is 0 Å². The van der Waals surface area contributed by atoms with Crippen LogP contribution in [-0.4, -0.2) is 5.78 Å². The van der Waals surface area contributed by atoms with E-state index in [1.807, 2.05) is 42.5 Å². The van der Waals surface area contributed by atoms with Gasteiger partial charge in [-0.1, -0.05) is 67.9 Å². The Balaban J connectivity index is 2.30. The molecule has 0 unspecified atom stereocenters. The Morgan fingerprint density at radius 2 is 1.52 bits per heavy atom. The zero-order chi connectivity index (χ0) is 15.3. The summed E-state index contributed by atoms with van der Waals surface area (Å²) in [5.74, 6) is 0.279. The normalized spacial score (nSPS) is 11.4. The first kappa shape index (κ1) is 15.8. The number of benzene rings is 2. The van der Waals surface area contributed by atoms with Gasteiger partial charge in [-0.2, -0.15) is 0 Å². The molecule has 0 radical (unpaired) electrons. The molecule has 0 saturated carbocycles. The highest BCUT2D eigenvalue weighted by Crippen LogP contribution is 2.33. The summed E-state index contributed by atoms with van der Waals surface area (Å²) < 4.78 is 0. The van der Waals surface area contributed by atoms with Gasteiger partial charge in [0, 0.05) is 11.4 Å². The molecule has 0 saturated heterocycles. The van der Waals surface area contributed by atoms with Gasteiger partial charge < -0.3 is 0 Å². The number of hydrogen-bond donors (Lipinski definition) is 0. The van der Waals surface area contributed by atoms with Crippen molar-refractivity contribution < 1.29 is 4.79 Å². The van der Waals surface area contributed by atoms with E-state index in [9.17, 15) is 4.79 Å². The average Bonchev–Trinajstić information content (AvgIpc) is 2.52. The van der Waals surface area contributed by atoms with Crippen molar-refractivity contribution in [1.29, 1.82) is 0 Å². The number of carbonyl (C=O) groups excluding carboxylic acids is 1. The summed E-state index contributed by atoms with van der Waals surface area (Å²) in [6, 6.07) is 17.7. The van der Waals surface area contributed by atoms with Crippen LogP contribution in [0, 0.1) is 0 Å². The van der Waals surface area contributed by atoms with Gasteiger partial charge in [0.2, 0.25) is 0 Å². The van der Waals surface area contributed by atoms with Crippen molar-refractivity contribution in [2.24, 2.45) is 0 Å². The third kappa shape index (κ3) is 3.36. The Bertz CT molecular complexity index is 583. The van der Waals surface area contributed by atoms with Gasteiger partial charge in [-0.05, 0) is 36.1 Å². The molecule has 0 bridgehead atoms. The lowest BCUT2D eigenvalue weighted by molar-refractivity contribution is -0.124.